The third-order valence-corrected chi connectivity index (χ3v) is 2.23. The Balaban J connectivity index is 2.33. The molecule has 0 saturated heterocycles. The fourth-order valence-corrected chi connectivity index (χ4v) is 1.46. The van der Waals surface area contributed by atoms with Gasteiger partial charge in [0.15, 0.2) is 0 Å². The Morgan fingerprint density at radius 1 is 1.60 bits per heavy atom. The molecule has 0 amide bonds. The van der Waals surface area contributed by atoms with Crippen LogP contribution < -0.4 is 0 Å². The van der Waals surface area contributed by atoms with Crippen LogP contribution in [-0.2, 0) is 4.79 Å². The maximum atomic E-state index is 12.1. The lowest BCUT2D eigenvalue weighted by Gasteiger charge is -2.33. The van der Waals surface area contributed by atoms with E-state index in [1.54, 1.807) is 0 Å². The molecule has 0 N–H and O–H groups in total. The highest BCUT2D eigenvalue weighted by atomic mass is 79.9. The van der Waals surface area contributed by atoms with Crippen LogP contribution in [0.3, 0.4) is 0 Å². The molecule has 0 aromatic rings. The minimum atomic E-state index is -2.57. The van der Waals surface area contributed by atoms with Gasteiger partial charge in [-0.2, -0.15) is 0 Å². The Morgan fingerprint density at radius 3 is 2.40 bits per heavy atom. The summed E-state index contributed by atoms with van der Waals surface area (Å²) in [6, 6.07) is 0. The van der Waals surface area contributed by atoms with E-state index in [1.807, 2.05) is 0 Å². The van der Waals surface area contributed by atoms with Gasteiger partial charge in [0, 0.05) is 18.8 Å². The molecule has 0 spiro atoms. The molecule has 1 aliphatic carbocycles. The normalized spacial score (nSPS) is 23.9. The Morgan fingerprint density at radius 2 is 2.10 bits per heavy atom. The van der Waals surface area contributed by atoms with Crippen LogP contribution in [0.25, 0.3) is 0 Å². The van der Waals surface area contributed by atoms with Crippen LogP contribution in [0, 0.1) is 5.92 Å². The van der Waals surface area contributed by atoms with Crippen LogP contribution in [0.1, 0.15) is 12.8 Å². The van der Waals surface area contributed by atoms with E-state index < -0.39 is 11.8 Å². The Kier molecular flexibility index (Phi) is 2.08. The maximum Gasteiger partial charge on any atom is 0.249 e. The van der Waals surface area contributed by atoms with Crippen molar-refractivity contribution in [2.45, 2.75) is 18.8 Å². The zero-order valence-corrected chi connectivity index (χ0v) is 6.83. The first-order valence-electron chi connectivity index (χ1n) is 3.02. The van der Waals surface area contributed by atoms with Crippen LogP contribution in [-0.4, -0.2) is 17.0 Å². The fraction of sp³-hybridized carbons (Fsp3) is 0.833. The van der Waals surface area contributed by atoms with Gasteiger partial charge in [0.2, 0.25) is 5.92 Å². The van der Waals surface area contributed by atoms with Crippen molar-refractivity contribution in [1.29, 1.82) is 0 Å². The van der Waals surface area contributed by atoms with E-state index in [0.29, 0.717) is 0 Å². The van der Waals surface area contributed by atoms with E-state index in [0.717, 1.165) is 0 Å². The van der Waals surface area contributed by atoms with Gasteiger partial charge in [-0.1, -0.05) is 15.9 Å². The first-order chi connectivity index (χ1) is 4.55. The number of hydrogen-bond donors (Lipinski definition) is 0. The Bertz CT molecular complexity index is 150. The highest BCUT2D eigenvalue weighted by Crippen LogP contribution is 2.42. The molecule has 10 heavy (non-hydrogen) atoms. The van der Waals surface area contributed by atoms with Crippen molar-refractivity contribution in [3.8, 4) is 0 Å². The summed E-state index contributed by atoms with van der Waals surface area (Å²) >= 11 is 2.93. The third kappa shape index (κ3) is 1.54. The molecular weight excluding hydrogens is 206 g/mol. The van der Waals surface area contributed by atoms with Gasteiger partial charge in [-0.3, -0.25) is 4.79 Å². The molecule has 4 heteroatoms. The Labute approximate surface area is 65.9 Å². The van der Waals surface area contributed by atoms with Gasteiger partial charge in [0.1, 0.15) is 5.78 Å². The molecule has 1 fully saturated rings. The SMILES string of the molecule is O=C(CBr)C1CC(F)(F)C1. The second-order valence-corrected chi connectivity index (χ2v) is 3.12. The van der Waals surface area contributed by atoms with Gasteiger partial charge < -0.3 is 0 Å². The van der Waals surface area contributed by atoms with Crippen LogP contribution in [0.15, 0.2) is 0 Å². The van der Waals surface area contributed by atoms with E-state index in [4.69, 9.17) is 0 Å². The summed E-state index contributed by atoms with van der Waals surface area (Å²) in [5, 5.41) is 0.202. The van der Waals surface area contributed by atoms with Crippen molar-refractivity contribution in [3.05, 3.63) is 0 Å². The molecule has 1 nitrogen and oxygen atoms in total. The number of carbonyl (C=O) groups is 1. The van der Waals surface area contributed by atoms with Gasteiger partial charge in [-0.25, -0.2) is 8.78 Å². The second-order valence-electron chi connectivity index (χ2n) is 2.56. The predicted molar refractivity (Wildman–Crippen MR) is 36.5 cm³/mol. The standard InChI is InChI=1S/C6H7BrF2O/c7-3-5(10)4-1-6(8,9)2-4/h4H,1-3H2. The third-order valence-electron chi connectivity index (χ3n) is 1.68. The maximum absolute atomic E-state index is 12.1. The average Bonchev–Trinajstić information content (AvgIpc) is 1.81. The summed E-state index contributed by atoms with van der Waals surface area (Å²) in [7, 11) is 0. The monoisotopic (exact) mass is 212 g/mol. The first kappa shape index (κ1) is 8.11. The highest BCUT2D eigenvalue weighted by Gasteiger charge is 2.47. The number of carbonyl (C=O) groups excluding carboxylic acids is 1. The molecule has 1 saturated carbocycles. The number of rotatable bonds is 2. The summed E-state index contributed by atoms with van der Waals surface area (Å²) in [4.78, 5) is 10.7. The quantitative estimate of drug-likeness (QED) is 0.641. The molecule has 0 unspecified atom stereocenters. The summed E-state index contributed by atoms with van der Waals surface area (Å²) in [6.07, 6.45) is -0.505. The molecule has 0 atom stereocenters. The van der Waals surface area contributed by atoms with Crippen molar-refractivity contribution < 1.29 is 13.6 Å². The average molecular weight is 213 g/mol. The van der Waals surface area contributed by atoms with Gasteiger partial charge in [-0.15, -0.1) is 0 Å². The van der Waals surface area contributed by atoms with Gasteiger partial charge in [0.05, 0.1) is 5.33 Å². The molecule has 1 aliphatic rings. The topological polar surface area (TPSA) is 17.1 Å². The van der Waals surface area contributed by atoms with E-state index in [1.165, 1.54) is 0 Å². The number of hydrogen-bond acceptors (Lipinski definition) is 1. The predicted octanol–water partition coefficient (Wildman–Crippen LogP) is 2.00. The fourth-order valence-electron chi connectivity index (χ4n) is 0.998. The molecule has 0 aromatic heterocycles. The van der Waals surface area contributed by atoms with Crippen molar-refractivity contribution in [1.82, 2.24) is 0 Å². The molecule has 1 rings (SSSR count). The number of Topliss-reactive ketones (excluding diaryl/α,β-unsaturated/α-hetero) is 1. The molecule has 0 aromatic carbocycles. The van der Waals surface area contributed by atoms with E-state index in [-0.39, 0.29) is 24.0 Å². The van der Waals surface area contributed by atoms with Crippen molar-refractivity contribution >= 4 is 21.7 Å². The lowest BCUT2D eigenvalue weighted by atomic mass is 9.79. The second kappa shape index (κ2) is 2.57. The number of halogens is 3. The summed E-state index contributed by atoms with van der Waals surface area (Å²) in [5.74, 6) is -3.07. The zero-order chi connectivity index (χ0) is 7.78. The molecular formula is C6H7BrF2O. The lowest BCUT2D eigenvalue weighted by Crippen LogP contribution is -2.40. The van der Waals surface area contributed by atoms with E-state index >= 15 is 0 Å². The van der Waals surface area contributed by atoms with Crippen molar-refractivity contribution in [2.24, 2.45) is 5.92 Å². The van der Waals surface area contributed by atoms with Gasteiger partial charge in [-0.05, 0) is 0 Å². The van der Waals surface area contributed by atoms with Crippen molar-refractivity contribution in [3.63, 3.8) is 0 Å². The van der Waals surface area contributed by atoms with E-state index in [2.05, 4.69) is 15.9 Å². The smallest absolute Gasteiger partial charge is 0.249 e. The van der Waals surface area contributed by atoms with Crippen LogP contribution in [0.4, 0.5) is 8.78 Å². The summed E-state index contributed by atoms with van der Waals surface area (Å²) < 4.78 is 24.2. The lowest BCUT2D eigenvalue weighted by molar-refractivity contribution is -0.145. The van der Waals surface area contributed by atoms with Gasteiger partial charge in [0.25, 0.3) is 0 Å². The highest BCUT2D eigenvalue weighted by molar-refractivity contribution is 9.09. The minimum Gasteiger partial charge on any atom is -0.298 e. The number of alkyl halides is 3. The number of ketones is 1. The molecule has 0 bridgehead atoms. The first-order valence-corrected chi connectivity index (χ1v) is 4.14. The molecule has 0 radical (unpaired) electrons. The minimum absolute atomic E-state index is 0.106. The molecule has 0 heterocycles. The summed E-state index contributed by atoms with van der Waals surface area (Å²) in [6.45, 7) is 0. The van der Waals surface area contributed by atoms with Gasteiger partial charge >= 0.3 is 0 Å². The molecule has 0 aliphatic heterocycles. The molecule has 58 valence electrons. The zero-order valence-electron chi connectivity index (χ0n) is 5.24. The van der Waals surface area contributed by atoms with Crippen molar-refractivity contribution in [2.75, 3.05) is 5.33 Å². The van der Waals surface area contributed by atoms with Crippen LogP contribution in [0.5, 0.6) is 0 Å². The summed E-state index contributed by atoms with van der Waals surface area (Å²) in [5.41, 5.74) is 0. The largest absolute Gasteiger partial charge is 0.298 e. The van der Waals surface area contributed by atoms with E-state index in [9.17, 15) is 13.6 Å². The van der Waals surface area contributed by atoms with Crippen LogP contribution in [0.2, 0.25) is 0 Å². The van der Waals surface area contributed by atoms with Crippen LogP contribution >= 0.6 is 15.9 Å². The Hall–Kier alpha value is 0.01000.